The van der Waals surface area contributed by atoms with Crippen LogP contribution >= 0.6 is 0 Å². The number of nitrogens with zero attached hydrogens (tertiary/aromatic N) is 4. The first kappa shape index (κ1) is 18.4. The lowest BCUT2D eigenvalue weighted by Crippen LogP contribution is -2.48. The van der Waals surface area contributed by atoms with Crippen LogP contribution in [0.2, 0.25) is 0 Å². The highest BCUT2D eigenvalue weighted by atomic mass is 16.6. The first-order valence-corrected chi connectivity index (χ1v) is 9.19. The van der Waals surface area contributed by atoms with Crippen LogP contribution in [-0.2, 0) is 11.3 Å². The summed E-state index contributed by atoms with van der Waals surface area (Å²) in [4.78, 5) is 20.5. The van der Waals surface area contributed by atoms with Gasteiger partial charge in [-0.05, 0) is 25.5 Å². The highest BCUT2D eigenvalue weighted by Crippen LogP contribution is 2.19. The second kappa shape index (κ2) is 8.80. The van der Waals surface area contributed by atoms with Gasteiger partial charge >= 0.3 is 6.09 Å². The third-order valence-corrected chi connectivity index (χ3v) is 4.45. The third-order valence-electron chi connectivity index (χ3n) is 4.45. The summed E-state index contributed by atoms with van der Waals surface area (Å²) in [5, 5.41) is 4.09. The molecule has 1 saturated heterocycles. The van der Waals surface area contributed by atoms with E-state index in [2.05, 4.69) is 22.0 Å². The van der Waals surface area contributed by atoms with Crippen molar-refractivity contribution in [2.24, 2.45) is 0 Å². The van der Waals surface area contributed by atoms with E-state index in [9.17, 15) is 4.79 Å². The van der Waals surface area contributed by atoms with Gasteiger partial charge in [-0.2, -0.15) is 4.98 Å². The zero-order valence-electron chi connectivity index (χ0n) is 15.5. The van der Waals surface area contributed by atoms with E-state index in [-0.39, 0.29) is 6.09 Å². The molecule has 1 aromatic carbocycles. The average molecular weight is 358 g/mol. The molecular formula is C19H26N4O3. The number of unbranched alkanes of at least 4 members (excludes halogenated alkanes) is 1. The molecule has 140 valence electrons. The minimum absolute atomic E-state index is 0.209. The highest BCUT2D eigenvalue weighted by molar-refractivity contribution is 5.67. The number of hydrogen-bond donors (Lipinski definition) is 0. The Morgan fingerprint density at radius 1 is 1.27 bits per heavy atom. The van der Waals surface area contributed by atoms with Crippen molar-refractivity contribution >= 4 is 6.09 Å². The number of ether oxygens (including phenoxy) is 1. The van der Waals surface area contributed by atoms with Crippen molar-refractivity contribution in [3.8, 4) is 11.5 Å². The second-order valence-electron chi connectivity index (χ2n) is 6.62. The van der Waals surface area contributed by atoms with Crippen molar-refractivity contribution in [3.05, 3.63) is 35.7 Å². The number of aryl methyl sites for hydroxylation is 1. The van der Waals surface area contributed by atoms with Gasteiger partial charge in [0, 0.05) is 31.7 Å². The molecule has 0 bridgehead atoms. The number of benzene rings is 1. The molecule has 7 heteroatoms. The Morgan fingerprint density at radius 3 is 2.81 bits per heavy atom. The topological polar surface area (TPSA) is 71.7 Å². The summed E-state index contributed by atoms with van der Waals surface area (Å²) >= 11 is 0. The monoisotopic (exact) mass is 358 g/mol. The Labute approximate surface area is 153 Å². The Bertz CT molecular complexity index is 723. The second-order valence-corrected chi connectivity index (χ2v) is 6.62. The van der Waals surface area contributed by atoms with Gasteiger partial charge in [0.05, 0.1) is 13.2 Å². The van der Waals surface area contributed by atoms with Crippen molar-refractivity contribution < 1.29 is 14.1 Å². The predicted octanol–water partition coefficient (Wildman–Crippen LogP) is 3.10. The smallest absolute Gasteiger partial charge is 0.409 e. The van der Waals surface area contributed by atoms with Gasteiger partial charge in [-0.25, -0.2) is 4.79 Å². The fourth-order valence-corrected chi connectivity index (χ4v) is 2.90. The van der Waals surface area contributed by atoms with Crippen LogP contribution in [0.5, 0.6) is 0 Å². The maximum Gasteiger partial charge on any atom is 0.409 e. The Kier molecular flexibility index (Phi) is 6.22. The van der Waals surface area contributed by atoms with Crippen LogP contribution in [0.3, 0.4) is 0 Å². The molecule has 0 spiro atoms. The maximum absolute atomic E-state index is 12.0. The summed E-state index contributed by atoms with van der Waals surface area (Å²) in [6, 6.07) is 8.01. The van der Waals surface area contributed by atoms with Gasteiger partial charge in [0.25, 0.3) is 5.89 Å². The molecule has 1 fully saturated rings. The van der Waals surface area contributed by atoms with E-state index in [0.29, 0.717) is 38.0 Å². The molecule has 26 heavy (non-hydrogen) atoms. The Balaban J connectivity index is 1.48. The molecule has 0 N–H and O–H groups in total. The van der Waals surface area contributed by atoms with Gasteiger partial charge in [0.2, 0.25) is 0 Å². The van der Waals surface area contributed by atoms with E-state index in [4.69, 9.17) is 9.26 Å². The third kappa shape index (κ3) is 4.82. The van der Waals surface area contributed by atoms with Crippen LogP contribution in [0.25, 0.3) is 11.5 Å². The molecule has 1 aliphatic heterocycles. The summed E-state index contributed by atoms with van der Waals surface area (Å²) in [5.41, 5.74) is 2.09. The van der Waals surface area contributed by atoms with Gasteiger partial charge in [0.15, 0.2) is 5.82 Å². The van der Waals surface area contributed by atoms with Crippen LogP contribution in [0.15, 0.2) is 28.8 Å². The number of rotatable bonds is 6. The quantitative estimate of drug-likeness (QED) is 0.739. The number of piperazine rings is 1. The average Bonchev–Trinajstić information content (AvgIpc) is 3.11. The van der Waals surface area contributed by atoms with Crippen molar-refractivity contribution in [1.29, 1.82) is 0 Å². The summed E-state index contributed by atoms with van der Waals surface area (Å²) in [7, 11) is 0. The molecule has 0 radical (unpaired) electrons. The van der Waals surface area contributed by atoms with Crippen molar-refractivity contribution in [1.82, 2.24) is 19.9 Å². The van der Waals surface area contributed by atoms with Gasteiger partial charge in [0.1, 0.15) is 0 Å². The molecule has 1 amide bonds. The Hall–Kier alpha value is -2.41. The van der Waals surface area contributed by atoms with E-state index in [1.54, 1.807) is 4.90 Å². The van der Waals surface area contributed by atoms with Gasteiger partial charge in [-0.3, -0.25) is 4.90 Å². The molecule has 1 aliphatic rings. The summed E-state index contributed by atoms with van der Waals surface area (Å²) in [6.45, 7) is 8.10. The maximum atomic E-state index is 12.0. The van der Waals surface area contributed by atoms with E-state index in [1.807, 2.05) is 31.2 Å². The lowest BCUT2D eigenvalue weighted by Gasteiger charge is -2.33. The van der Waals surface area contributed by atoms with Crippen LogP contribution in [0, 0.1) is 6.92 Å². The van der Waals surface area contributed by atoms with Crippen LogP contribution < -0.4 is 0 Å². The standard InChI is InChI=1S/C19H26N4O3/c1-3-4-12-25-19(24)23-10-8-22(9-11-23)14-17-20-18(26-21-17)16-7-5-6-15(2)13-16/h5-7,13H,3-4,8-12,14H2,1-2H3. The number of carbonyl (C=O) groups excluding carboxylic acids is 1. The molecule has 0 unspecified atom stereocenters. The van der Waals surface area contributed by atoms with E-state index in [0.717, 1.165) is 37.1 Å². The molecular weight excluding hydrogens is 332 g/mol. The fourth-order valence-electron chi connectivity index (χ4n) is 2.90. The van der Waals surface area contributed by atoms with Gasteiger partial charge in [-0.1, -0.05) is 36.2 Å². The number of aromatic nitrogens is 2. The molecule has 7 nitrogen and oxygen atoms in total. The summed E-state index contributed by atoms with van der Waals surface area (Å²) in [5.74, 6) is 1.21. The molecule has 0 saturated carbocycles. The van der Waals surface area contributed by atoms with Crippen molar-refractivity contribution in [2.45, 2.75) is 33.2 Å². The normalized spacial score (nSPS) is 15.2. The molecule has 1 aromatic heterocycles. The lowest BCUT2D eigenvalue weighted by atomic mass is 10.1. The Morgan fingerprint density at radius 2 is 2.08 bits per heavy atom. The van der Waals surface area contributed by atoms with Gasteiger partial charge < -0.3 is 14.2 Å². The first-order valence-electron chi connectivity index (χ1n) is 9.19. The zero-order valence-corrected chi connectivity index (χ0v) is 15.5. The predicted molar refractivity (Wildman–Crippen MR) is 97.6 cm³/mol. The van der Waals surface area contributed by atoms with E-state index < -0.39 is 0 Å². The van der Waals surface area contributed by atoms with Gasteiger partial charge in [-0.15, -0.1) is 0 Å². The molecule has 0 atom stereocenters. The minimum atomic E-state index is -0.209. The fraction of sp³-hybridized carbons (Fsp3) is 0.526. The number of amides is 1. The zero-order chi connectivity index (χ0) is 18.4. The van der Waals surface area contributed by atoms with Crippen LogP contribution in [-0.4, -0.2) is 58.8 Å². The van der Waals surface area contributed by atoms with Crippen molar-refractivity contribution in [2.75, 3.05) is 32.8 Å². The summed E-state index contributed by atoms with van der Waals surface area (Å²) in [6.07, 6.45) is 1.72. The van der Waals surface area contributed by atoms with E-state index in [1.165, 1.54) is 0 Å². The SMILES string of the molecule is CCCCOC(=O)N1CCN(Cc2noc(-c3cccc(C)c3)n2)CC1. The highest BCUT2D eigenvalue weighted by Gasteiger charge is 2.23. The molecule has 2 heterocycles. The first-order chi connectivity index (χ1) is 12.7. The summed E-state index contributed by atoms with van der Waals surface area (Å²) < 4.78 is 10.7. The van der Waals surface area contributed by atoms with E-state index >= 15 is 0 Å². The van der Waals surface area contributed by atoms with Crippen molar-refractivity contribution in [3.63, 3.8) is 0 Å². The minimum Gasteiger partial charge on any atom is -0.449 e. The molecule has 3 rings (SSSR count). The molecule has 2 aromatic rings. The number of carbonyl (C=O) groups is 1. The molecule has 0 aliphatic carbocycles. The lowest BCUT2D eigenvalue weighted by molar-refractivity contribution is 0.0729. The van der Waals surface area contributed by atoms with Crippen LogP contribution in [0.4, 0.5) is 4.79 Å². The van der Waals surface area contributed by atoms with Crippen LogP contribution in [0.1, 0.15) is 31.2 Å². The number of hydrogen-bond acceptors (Lipinski definition) is 6. The largest absolute Gasteiger partial charge is 0.449 e.